The number of hydrogen-bond donors (Lipinski definition) is 2. The fourth-order valence-electron chi connectivity index (χ4n) is 2.43. The molecule has 0 aromatic heterocycles. The summed E-state index contributed by atoms with van der Waals surface area (Å²) in [5.74, 6) is 0.855. The second-order valence-corrected chi connectivity index (χ2v) is 5.25. The zero-order chi connectivity index (χ0) is 14.2. The van der Waals surface area contributed by atoms with E-state index in [1.54, 1.807) is 7.05 Å². The van der Waals surface area contributed by atoms with Crippen LogP contribution in [0.15, 0.2) is 29.3 Å². The van der Waals surface area contributed by atoms with Crippen LogP contribution >= 0.6 is 0 Å². The summed E-state index contributed by atoms with van der Waals surface area (Å²) in [4.78, 5) is 4.24. The van der Waals surface area contributed by atoms with Gasteiger partial charge in [-0.3, -0.25) is 4.99 Å². The molecule has 0 aliphatic carbocycles. The minimum absolute atomic E-state index is 0.338. The maximum atomic E-state index is 5.59. The number of benzene rings is 1. The van der Waals surface area contributed by atoms with E-state index in [9.17, 15) is 0 Å². The van der Waals surface area contributed by atoms with E-state index >= 15 is 0 Å². The third kappa shape index (κ3) is 4.85. The maximum absolute atomic E-state index is 5.59. The summed E-state index contributed by atoms with van der Waals surface area (Å²) >= 11 is 0. The smallest absolute Gasteiger partial charge is 0.191 e. The van der Waals surface area contributed by atoms with E-state index in [0.717, 1.165) is 38.5 Å². The molecule has 0 bridgehead atoms. The van der Waals surface area contributed by atoms with Crippen molar-refractivity contribution in [2.75, 3.05) is 26.7 Å². The quantitative estimate of drug-likeness (QED) is 0.637. The first kappa shape index (κ1) is 14.9. The van der Waals surface area contributed by atoms with Crippen LogP contribution in [0, 0.1) is 6.92 Å². The van der Waals surface area contributed by atoms with Crippen LogP contribution in [0.1, 0.15) is 24.0 Å². The molecule has 1 fully saturated rings. The molecule has 20 heavy (non-hydrogen) atoms. The lowest BCUT2D eigenvalue weighted by Gasteiger charge is -2.15. The van der Waals surface area contributed by atoms with Crippen LogP contribution in [-0.4, -0.2) is 38.8 Å². The number of aliphatic imine (C=N–C) groups is 1. The number of hydrogen-bond acceptors (Lipinski definition) is 2. The number of aryl methyl sites for hydroxylation is 1. The van der Waals surface area contributed by atoms with Crippen molar-refractivity contribution >= 4 is 5.96 Å². The number of nitrogens with zero attached hydrogens (tertiary/aromatic N) is 1. The molecule has 0 spiro atoms. The van der Waals surface area contributed by atoms with Gasteiger partial charge in [-0.25, -0.2) is 0 Å². The van der Waals surface area contributed by atoms with Crippen LogP contribution in [0.4, 0.5) is 0 Å². The predicted molar refractivity (Wildman–Crippen MR) is 83.2 cm³/mol. The van der Waals surface area contributed by atoms with Gasteiger partial charge in [0.1, 0.15) is 0 Å². The number of rotatable bonds is 5. The molecule has 1 aromatic rings. The minimum Gasteiger partial charge on any atom is -0.376 e. The van der Waals surface area contributed by atoms with E-state index in [0.29, 0.717) is 6.10 Å². The van der Waals surface area contributed by atoms with Gasteiger partial charge in [0.05, 0.1) is 6.10 Å². The lowest BCUT2D eigenvalue weighted by molar-refractivity contribution is 0.114. The van der Waals surface area contributed by atoms with Gasteiger partial charge in [-0.1, -0.05) is 29.8 Å². The summed E-state index contributed by atoms with van der Waals surface area (Å²) in [6.45, 7) is 4.74. The van der Waals surface area contributed by atoms with Crippen LogP contribution in [0.5, 0.6) is 0 Å². The topological polar surface area (TPSA) is 45.7 Å². The van der Waals surface area contributed by atoms with Crippen molar-refractivity contribution in [3.63, 3.8) is 0 Å². The molecule has 0 amide bonds. The van der Waals surface area contributed by atoms with Gasteiger partial charge in [-0.15, -0.1) is 0 Å². The number of ether oxygens (including phenoxy) is 1. The fourth-order valence-corrected chi connectivity index (χ4v) is 2.43. The average molecular weight is 275 g/mol. The molecule has 4 nitrogen and oxygen atoms in total. The summed E-state index contributed by atoms with van der Waals surface area (Å²) in [6, 6.07) is 8.62. The Labute approximate surface area is 121 Å². The average Bonchev–Trinajstić information content (AvgIpc) is 2.96. The van der Waals surface area contributed by atoms with Crippen molar-refractivity contribution in [3.8, 4) is 0 Å². The lowest BCUT2D eigenvalue weighted by atomic mass is 10.1. The van der Waals surface area contributed by atoms with Crippen LogP contribution in [0.2, 0.25) is 0 Å². The standard InChI is InChI=1S/C16H25N3O/c1-13-5-3-6-14(11-13)8-9-18-16(17-2)19-12-15-7-4-10-20-15/h3,5-6,11,15H,4,7-10,12H2,1-2H3,(H2,17,18,19). The van der Waals surface area contributed by atoms with Crippen molar-refractivity contribution in [2.24, 2.45) is 4.99 Å². The molecule has 4 heteroatoms. The molecule has 110 valence electrons. The van der Waals surface area contributed by atoms with E-state index in [1.165, 1.54) is 17.5 Å². The largest absolute Gasteiger partial charge is 0.376 e. The molecule has 0 saturated carbocycles. The highest BCUT2D eigenvalue weighted by Crippen LogP contribution is 2.10. The molecule has 2 N–H and O–H groups in total. The molecular formula is C16H25N3O. The van der Waals surface area contributed by atoms with Crippen molar-refractivity contribution in [1.29, 1.82) is 0 Å². The van der Waals surface area contributed by atoms with Crippen LogP contribution in [0.3, 0.4) is 0 Å². The highest BCUT2D eigenvalue weighted by molar-refractivity contribution is 5.79. The Morgan fingerprint density at radius 1 is 1.40 bits per heavy atom. The first-order chi connectivity index (χ1) is 9.78. The Bertz CT molecular complexity index is 439. The maximum Gasteiger partial charge on any atom is 0.191 e. The lowest BCUT2D eigenvalue weighted by Crippen LogP contribution is -2.41. The zero-order valence-electron chi connectivity index (χ0n) is 12.5. The molecule has 1 aromatic carbocycles. The molecule has 0 radical (unpaired) electrons. The van der Waals surface area contributed by atoms with E-state index < -0.39 is 0 Å². The summed E-state index contributed by atoms with van der Waals surface area (Å²) < 4.78 is 5.59. The van der Waals surface area contributed by atoms with Gasteiger partial charge in [0.15, 0.2) is 5.96 Å². The summed E-state index contributed by atoms with van der Waals surface area (Å²) in [5, 5.41) is 6.67. The SMILES string of the molecule is CN=C(NCCc1cccc(C)c1)NCC1CCCO1. The third-order valence-electron chi connectivity index (χ3n) is 3.53. The van der Waals surface area contributed by atoms with E-state index in [-0.39, 0.29) is 0 Å². The third-order valence-corrected chi connectivity index (χ3v) is 3.53. The normalized spacial score (nSPS) is 19.1. The molecule has 1 atom stereocenters. The van der Waals surface area contributed by atoms with Gasteiger partial charge in [0, 0.05) is 26.7 Å². The zero-order valence-corrected chi connectivity index (χ0v) is 12.5. The number of guanidine groups is 1. The first-order valence-corrected chi connectivity index (χ1v) is 7.39. The summed E-state index contributed by atoms with van der Waals surface area (Å²) in [7, 11) is 1.80. The van der Waals surface area contributed by atoms with Gasteiger partial charge in [-0.2, -0.15) is 0 Å². The van der Waals surface area contributed by atoms with Crippen molar-refractivity contribution in [1.82, 2.24) is 10.6 Å². The van der Waals surface area contributed by atoms with Gasteiger partial charge in [0.25, 0.3) is 0 Å². The monoisotopic (exact) mass is 275 g/mol. The van der Waals surface area contributed by atoms with Crippen LogP contribution in [-0.2, 0) is 11.2 Å². The summed E-state index contributed by atoms with van der Waals surface area (Å²) in [6.07, 6.45) is 3.66. The predicted octanol–water partition coefficient (Wildman–Crippen LogP) is 1.88. The Morgan fingerprint density at radius 2 is 2.30 bits per heavy atom. The Morgan fingerprint density at radius 3 is 3.00 bits per heavy atom. The first-order valence-electron chi connectivity index (χ1n) is 7.39. The van der Waals surface area contributed by atoms with Gasteiger partial charge in [-0.05, 0) is 31.7 Å². The molecule has 1 aliphatic heterocycles. The number of nitrogens with one attached hydrogen (secondary N) is 2. The van der Waals surface area contributed by atoms with E-state index in [1.807, 2.05) is 0 Å². The Hall–Kier alpha value is -1.55. The minimum atomic E-state index is 0.338. The molecule has 1 saturated heterocycles. The molecular weight excluding hydrogens is 250 g/mol. The van der Waals surface area contributed by atoms with Crippen LogP contribution < -0.4 is 10.6 Å². The van der Waals surface area contributed by atoms with Gasteiger partial charge < -0.3 is 15.4 Å². The van der Waals surface area contributed by atoms with E-state index in [4.69, 9.17) is 4.74 Å². The van der Waals surface area contributed by atoms with Gasteiger partial charge >= 0.3 is 0 Å². The van der Waals surface area contributed by atoms with Crippen molar-refractivity contribution < 1.29 is 4.74 Å². The molecule has 1 heterocycles. The second-order valence-electron chi connectivity index (χ2n) is 5.25. The molecule has 1 unspecified atom stereocenters. The van der Waals surface area contributed by atoms with Crippen molar-refractivity contribution in [2.45, 2.75) is 32.3 Å². The van der Waals surface area contributed by atoms with Crippen molar-refractivity contribution in [3.05, 3.63) is 35.4 Å². The van der Waals surface area contributed by atoms with Crippen LogP contribution in [0.25, 0.3) is 0 Å². The second kappa shape index (κ2) is 7.90. The molecule has 1 aliphatic rings. The summed E-state index contributed by atoms with van der Waals surface area (Å²) in [5.41, 5.74) is 2.66. The Kier molecular flexibility index (Phi) is 5.87. The fraction of sp³-hybridized carbons (Fsp3) is 0.562. The van der Waals surface area contributed by atoms with Gasteiger partial charge in [0.2, 0.25) is 0 Å². The van der Waals surface area contributed by atoms with E-state index in [2.05, 4.69) is 46.8 Å². The molecule has 2 rings (SSSR count). The Balaban J connectivity index is 1.68. The highest BCUT2D eigenvalue weighted by Gasteiger charge is 2.15. The highest BCUT2D eigenvalue weighted by atomic mass is 16.5.